The largest absolute Gasteiger partial charge is 0.361 e. The minimum Gasteiger partial charge on any atom is -0.361 e. The average molecular weight is 221 g/mol. The van der Waals surface area contributed by atoms with Gasteiger partial charge in [0, 0.05) is 18.3 Å². The van der Waals surface area contributed by atoms with E-state index in [0.29, 0.717) is 11.4 Å². The van der Waals surface area contributed by atoms with Gasteiger partial charge >= 0.3 is 11.8 Å². The summed E-state index contributed by atoms with van der Waals surface area (Å²) in [5.41, 5.74) is 5.80. The van der Waals surface area contributed by atoms with E-state index in [4.69, 9.17) is 5.73 Å². The van der Waals surface area contributed by atoms with Gasteiger partial charge in [0.1, 0.15) is 0 Å². The Bertz CT molecular complexity index is 425. The number of rotatable bonds is 2. The van der Waals surface area contributed by atoms with Crippen LogP contribution >= 0.6 is 0 Å². The molecule has 4 N–H and O–H groups in total. The molecule has 0 aromatic heterocycles. The Kier molecular flexibility index (Phi) is 3.60. The van der Waals surface area contributed by atoms with Crippen molar-refractivity contribution in [2.45, 2.75) is 6.92 Å². The fourth-order valence-corrected chi connectivity index (χ4v) is 1.03. The van der Waals surface area contributed by atoms with Gasteiger partial charge in [-0.2, -0.15) is 0 Å². The molecule has 6 heteroatoms. The van der Waals surface area contributed by atoms with Gasteiger partial charge in [-0.1, -0.05) is 0 Å². The maximum atomic E-state index is 10.9. The lowest BCUT2D eigenvalue weighted by Gasteiger charge is -2.04. The van der Waals surface area contributed by atoms with E-state index in [1.807, 2.05) is 0 Å². The number of carbonyl (C=O) groups is 3. The Morgan fingerprint density at radius 2 is 1.44 bits per heavy atom. The molecule has 1 aromatic rings. The Morgan fingerprint density at radius 3 is 1.81 bits per heavy atom. The topological polar surface area (TPSA) is 101 Å². The lowest BCUT2D eigenvalue weighted by atomic mass is 10.2. The van der Waals surface area contributed by atoms with Crippen LogP contribution in [-0.4, -0.2) is 17.7 Å². The van der Waals surface area contributed by atoms with Gasteiger partial charge in [-0.15, -0.1) is 0 Å². The molecule has 6 nitrogen and oxygen atoms in total. The van der Waals surface area contributed by atoms with Crippen LogP contribution in [0.4, 0.5) is 11.4 Å². The molecule has 1 aromatic carbocycles. The number of nitrogens with one attached hydrogen (secondary N) is 2. The minimum atomic E-state index is -1.05. The second kappa shape index (κ2) is 4.92. The molecule has 0 saturated carbocycles. The van der Waals surface area contributed by atoms with Gasteiger partial charge in [0.25, 0.3) is 0 Å². The van der Waals surface area contributed by atoms with Gasteiger partial charge in [-0.25, -0.2) is 0 Å². The molecule has 0 aliphatic rings. The van der Waals surface area contributed by atoms with Crippen molar-refractivity contribution in [3.63, 3.8) is 0 Å². The molecule has 3 amide bonds. The number of anilines is 2. The third-order valence-electron chi connectivity index (χ3n) is 1.69. The summed E-state index contributed by atoms with van der Waals surface area (Å²) in [7, 11) is 0. The second-order valence-corrected chi connectivity index (χ2v) is 3.08. The molecule has 16 heavy (non-hydrogen) atoms. The first-order valence-corrected chi connectivity index (χ1v) is 4.47. The van der Waals surface area contributed by atoms with Crippen LogP contribution < -0.4 is 16.4 Å². The van der Waals surface area contributed by atoms with E-state index in [1.165, 1.54) is 6.92 Å². The summed E-state index contributed by atoms with van der Waals surface area (Å²) in [5.74, 6) is -2.12. The molecular weight excluding hydrogens is 210 g/mol. The van der Waals surface area contributed by atoms with Crippen LogP contribution in [0.3, 0.4) is 0 Å². The van der Waals surface area contributed by atoms with Crippen molar-refractivity contribution in [3.8, 4) is 0 Å². The predicted molar refractivity (Wildman–Crippen MR) is 58.6 cm³/mol. The zero-order valence-corrected chi connectivity index (χ0v) is 8.61. The van der Waals surface area contributed by atoms with E-state index in [9.17, 15) is 14.4 Å². The monoisotopic (exact) mass is 221 g/mol. The van der Waals surface area contributed by atoms with Crippen LogP contribution in [-0.2, 0) is 14.4 Å². The Labute approximate surface area is 91.8 Å². The van der Waals surface area contributed by atoms with Crippen LogP contribution in [0, 0.1) is 0 Å². The summed E-state index contributed by atoms with van der Waals surface area (Å²) in [4.78, 5) is 32.1. The summed E-state index contributed by atoms with van der Waals surface area (Å²) in [5, 5.41) is 4.86. The number of hydrogen-bond acceptors (Lipinski definition) is 3. The number of hydrogen-bond donors (Lipinski definition) is 3. The first-order valence-electron chi connectivity index (χ1n) is 4.47. The predicted octanol–water partition coefficient (Wildman–Crippen LogP) is 0.0688. The van der Waals surface area contributed by atoms with E-state index in [1.54, 1.807) is 24.3 Å². The van der Waals surface area contributed by atoms with Crippen molar-refractivity contribution in [2.75, 3.05) is 10.6 Å². The highest BCUT2D eigenvalue weighted by Crippen LogP contribution is 2.13. The fraction of sp³-hybridized carbons (Fsp3) is 0.100. The minimum absolute atomic E-state index is 0.186. The number of nitrogens with two attached hydrogens (primary N) is 1. The van der Waals surface area contributed by atoms with Crippen molar-refractivity contribution in [2.24, 2.45) is 5.73 Å². The standard InChI is InChI=1S/C10H11N3O3/c1-6(14)12-7-2-4-8(5-3-7)13-10(16)9(11)15/h2-5H,1H3,(H2,11,15)(H,12,14)(H,13,16). The van der Waals surface area contributed by atoms with E-state index >= 15 is 0 Å². The third kappa shape index (κ3) is 3.41. The normalized spacial score (nSPS) is 9.31. The zero-order valence-electron chi connectivity index (χ0n) is 8.61. The highest BCUT2D eigenvalue weighted by atomic mass is 16.2. The molecule has 0 saturated heterocycles. The lowest BCUT2D eigenvalue weighted by Crippen LogP contribution is -2.29. The summed E-state index contributed by atoms with van der Waals surface area (Å²) in [6.07, 6.45) is 0. The van der Waals surface area contributed by atoms with E-state index in [0.717, 1.165) is 0 Å². The van der Waals surface area contributed by atoms with Crippen LogP contribution in [0.5, 0.6) is 0 Å². The van der Waals surface area contributed by atoms with Crippen LogP contribution in [0.1, 0.15) is 6.92 Å². The van der Waals surface area contributed by atoms with Crippen molar-refractivity contribution >= 4 is 29.1 Å². The average Bonchev–Trinajstić information content (AvgIpc) is 2.20. The Balaban J connectivity index is 2.68. The maximum absolute atomic E-state index is 10.9. The summed E-state index contributed by atoms with van der Waals surface area (Å²) >= 11 is 0. The van der Waals surface area contributed by atoms with Crippen molar-refractivity contribution in [3.05, 3.63) is 24.3 Å². The van der Waals surface area contributed by atoms with Gasteiger partial charge in [-0.3, -0.25) is 14.4 Å². The number of amides is 3. The molecule has 0 atom stereocenters. The highest BCUT2D eigenvalue weighted by Gasteiger charge is 2.08. The Hall–Kier alpha value is -2.37. The third-order valence-corrected chi connectivity index (χ3v) is 1.69. The molecule has 84 valence electrons. The van der Waals surface area contributed by atoms with Crippen molar-refractivity contribution < 1.29 is 14.4 Å². The van der Waals surface area contributed by atoms with Gasteiger partial charge < -0.3 is 16.4 Å². The van der Waals surface area contributed by atoms with Crippen molar-refractivity contribution in [1.29, 1.82) is 0 Å². The molecule has 0 unspecified atom stereocenters. The number of carbonyl (C=O) groups excluding carboxylic acids is 3. The molecular formula is C10H11N3O3. The molecule has 0 heterocycles. The van der Waals surface area contributed by atoms with Gasteiger partial charge in [0.2, 0.25) is 5.91 Å². The molecule has 0 fully saturated rings. The van der Waals surface area contributed by atoms with Crippen LogP contribution in [0.15, 0.2) is 24.3 Å². The molecule has 0 spiro atoms. The summed E-state index contributed by atoms with van der Waals surface area (Å²) in [6, 6.07) is 6.29. The van der Waals surface area contributed by atoms with Crippen molar-refractivity contribution in [1.82, 2.24) is 0 Å². The molecule has 0 aliphatic heterocycles. The van der Waals surface area contributed by atoms with E-state index in [2.05, 4.69) is 10.6 Å². The molecule has 1 rings (SSSR count). The molecule has 0 radical (unpaired) electrons. The Morgan fingerprint density at radius 1 is 1.00 bits per heavy atom. The van der Waals surface area contributed by atoms with Crippen LogP contribution in [0.25, 0.3) is 0 Å². The SMILES string of the molecule is CC(=O)Nc1ccc(NC(=O)C(N)=O)cc1. The zero-order chi connectivity index (χ0) is 12.1. The first-order chi connectivity index (χ1) is 7.49. The quantitative estimate of drug-likeness (QED) is 0.616. The lowest BCUT2D eigenvalue weighted by molar-refractivity contribution is -0.134. The summed E-state index contributed by atoms with van der Waals surface area (Å²) in [6.45, 7) is 1.39. The van der Waals surface area contributed by atoms with E-state index < -0.39 is 11.8 Å². The second-order valence-electron chi connectivity index (χ2n) is 3.08. The van der Waals surface area contributed by atoms with Gasteiger partial charge in [0.05, 0.1) is 0 Å². The highest BCUT2D eigenvalue weighted by molar-refractivity contribution is 6.39. The van der Waals surface area contributed by atoms with Gasteiger partial charge in [0.15, 0.2) is 0 Å². The first kappa shape index (κ1) is 11.7. The van der Waals surface area contributed by atoms with E-state index in [-0.39, 0.29) is 5.91 Å². The number of benzene rings is 1. The van der Waals surface area contributed by atoms with Crippen LogP contribution in [0.2, 0.25) is 0 Å². The molecule has 0 bridgehead atoms. The maximum Gasteiger partial charge on any atom is 0.313 e. The number of primary amides is 1. The fourth-order valence-electron chi connectivity index (χ4n) is 1.03. The smallest absolute Gasteiger partial charge is 0.313 e. The molecule has 0 aliphatic carbocycles. The summed E-state index contributed by atoms with van der Waals surface area (Å²) < 4.78 is 0. The van der Waals surface area contributed by atoms with Gasteiger partial charge in [-0.05, 0) is 24.3 Å².